The lowest BCUT2D eigenvalue weighted by atomic mass is 9.93. The van der Waals surface area contributed by atoms with Gasteiger partial charge >= 0.3 is 12.1 Å². The summed E-state index contributed by atoms with van der Waals surface area (Å²) in [5.41, 5.74) is -4.58. The summed E-state index contributed by atoms with van der Waals surface area (Å²) in [5.74, 6) is -2.65. The smallest absolute Gasteiger partial charge is 0.432 e. The molecule has 1 amide bonds. The highest BCUT2D eigenvalue weighted by Crippen LogP contribution is 2.60. The van der Waals surface area contributed by atoms with Crippen LogP contribution in [0.15, 0.2) is 34.8 Å². The Kier molecular flexibility index (Phi) is 6.86. The number of hydrogen-bond donors (Lipinski definition) is 1. The van der Waals surface area contributed by atoms with E-state index in [-0.39, 0.29) is 28.3 Å². The van der Waals surface area contributed by atoms with Gasteiger partial charge in [0.2, 0.25) is 5.91 Å². The molecule has 0 spiro atoms. The maximum absolute atomic E-state index is 13.4. The van der Waals surface area contributed by atoms with Crippen molar-refractivity contribution in [2.24, 2.45) is 17.3 Å². The topological polar surface area (TPSA) is 66.8 Å². The molecule has 0 saturated heterocycles. The molecule has 1 aromatic rings. The molecule has 1 aliphatic carbocycles. The highest BCUT2D eigenvalue weighted by Gasteiger charge is 2.63. The van der Waals surface area contributed by atoms with Crippen molar-refractivity contribution in [3.05, 3.63) is 40.4 Å². The zero-order valence-electron chi connectivity index (χ0n) is 16.8. The number of carbonyl (C=O) groups is 2. The number of methoxy groups -OCH3 is 1. The van der Waals surface area contributed by atoms with Gasteiger partial charge in [0.1, 0.15) is 4.49 Å². The maximum Gasteiger partial charge on any atom is 0.432 e. The van der Waals surface area contributed by atoms with Crippen molar-refractivity contribution in [2.75, 3.05) is 18.6 Å². The molecular weight excluding hydrogens is 446 g/mol. The van der Waals surface area contributed by atoms with Crippen molar-refractivity contribution in [2.45, 2.75) is 32.5 Å². The van der Waals surface area contributed by atoms with Gasteiger partial charge in [-0.2, -0.15) is 13.2 Å². The lowest BCUT2D eigenvalue weighted by Crippen LogP contribution is -2.49. The number of ether oxygens (including phenoxy) is 1. The zero-order valence-corrected chi connectivity index (χ0v) is 18.3. The van der Waals surface area contributed by atoms with E-state index in [0.29, 0.717) is 5.69 Å². The largest absolute Gasteiger partial charge is 0.466 e. The number of aliphatic hydroxyl groups is 1. The predicted molar refractivity (Wildman–Crippen MR) is 107 cm³/mol. The molecule has 166 valence electrons. The molecule has 1 aliphatic rings. The molecule has 0 aliphatic heterocycles. The second kappa shape index (κ2) is 8.40. The van der Waals surface area contributed by atoms with Crippen LogP contribution in [0.3, 0.4) is 0 Å². The number of allylic oxidation sites excluding steroid dienone is 1. The van der Waals surface area contributed by atoms with Crippen molar-refractivity contribution in [1.29, 1.82) is 0 Å². The van der Waals surface area contributed by atoms with E-state index < -0.39 is 29.2 Å². The van der Waals surface area contributed by atoms with Gasteiger partial charge in [-0.1, -0.05) is 49.2 Å². The molecule has 0 heterocycles. The standard InChI is InChI=1S/C20H22Cl2F3NO4/c1-5-26(16(27)15-13(10-14(21)22)18(15,2)3)12-8-6-11(7-9-12)19(29,17(28)30-4)20(23,24)25/h6-10,13,15,29H,5H2,1-4H3/t13-,15+,19+/m0/s1. The van der Waals surface area contributed by atoms with Crippen LogP contribution in [0, 0.1) is 17.3 Å². The Balaban J connectivity index is 2.35. The molecule has 0 radical (unpaired) electrons. The fourth-order valence-corrected chi connectivity index (χ4v) is 3.93. The molecule has 0 bridgehead atoms. The van der Waals surface area contributed by atoms with E-state index >= 15 is 0 Å². The third-order valence-corrected chi connectivity index (χ3v) is 5.80. The monoisotopic (exact) mass is 467 g/mol. The first kappa shape index (κ1) is 24.5. The van der Waals surface area contributed by atoms with E-state index in [1.807, 2.05) is 13.8 Å². The van der Waals surface area contributed by atoms with E-state index in [1.165, 1.54) is 17.0 Å². The van der Waals surface area contributed by atoms with Crippen LogP contribution in [0.2, 0.25) is 0 Å². The van der Waals surface area contributed by atoms with E-state index in [2.05, 4.69) is 4.74 Å². The Hall–Kier alpha value is -1.77. The number of esters is 1. The van der Waals surface area contributed by atoms with Crippen LogP contribution in [0.25, 0.3) is 0 Å². The number of halogens is 5. The SMILES string of the molecule is CCN(C(=O)[C@H]1[C@H](C=C(Cl)Cl)C1(C)C)c1ccc([C@@](O)(C(=O)OC)C(F)(F)F)cc1. The minimum atomic E-state index is -5.29. The van der Waals surface area contributed by atoms with Crippen LogP contribution in [0.1, 0.15) is 26.3 Å². The molecular formula is C20H22Cl2F3NO4. The molecule has 1 saturated carbocycles. The number of hydrogen-bond acceptors (Lipinski definition) is 4. The van der Waals surface area contributed by atoms with Gasteiger partial charge in [-0.15, -0.1) is 0 Å². The van der Waals surface area contributed by atoms with Gasteiger partial charge in [-0.25, -0.2) is 4.79 Å². The molecule has 3 atom stereocenters. The Morgan fingerprint density at radius 3 is 2.17 bits per heavy atom. The first-order valence-electron chi connectivity index (χ1n) is 9.05. The number of benzene rings is 1. The number of carbonyl (C=O) groups excluding carboxylic acids is 2. The van der Waals surface area contributed by atoms with Crippen molar-refractivity contribution in [3.63, 3.8) is 0 Å². The predicted octanol–water partition coefficient (Wildman–Crippen LogP) is 4.55. The number of rotatable bonds is 6. The van der Waals surface area contributed by atoms with Crippen LogP contribution in [-0.4, -0.2) is 36.8 Å². The third kappa shape index (κ3) is 4.18. The molecule has 5 nitrogen and oxygen atoms in total. The number of anilines is 1. The number of nitrogens with zero attached hydrogens (tertiary/aromatic N) is 1. The average molecular weight is 468 g/mol. The van der Waals surface area contributed by atoms with Crippen molar-refractivity contribution in [3.8, 4) is 0 Å². The highest BCUT2D eigenvalue weighted by atomic mass is 35.5. The van der Waals surface area contributed by atoms with E-state index in [1.54, 1.807) is 13.0 Å². The summed E-state index contributed by atoms with van der Waals surface area (Å²) in [6.45, 7) is 5.77. The molecule has 1 aromatic carbocycles. The molecule has 2 rings (SSSR count). The second-order valence-electron chi connectivity index (χ2n) is 7.61. The summed E-state index contributed by atoms with van der Waals surface area (Å²) in [7, 11) is 0.750. The summed E-state index contributed by atoms with van der Waals surface area (Å²) in [4.78, 5) is 26.1. The number of alkyl halides is 3. The van der Waals surface area contributed by atoms with Crippen LogP contribution < -0.4 is 4.90 Å². The van der Waals surface area contributed by atoms with Crippen molar-refractivity contribution < 1.29 is 32.6 Å². The quantitative estimate of drug-likeness (QED) is 0.623. The average Bonchev–Trinajstić information content (AvgIpc) is 3.19. The summed E-state index contributed by atoms with van der Waals surface area (Å²) < 4.78 is 44.4. The Morgan fingerprint density at radius 1 is 1.23 bits per heavy atom. The maximum atomic E-state index is 13.4. The van der Waals surface area contributed by atoms with E-state index in [4.69, 9.17) is 23.2 Å². The Bertz CT molecular complexity index is 851. The van der Waals surface area contributed by atoms with Gasteiger partial charge in [0.25, 0.3) is 5.60 Å². The third-order valence-electron chi connectivity index (χ3n) is 5.55. The van der Waals surface area contributed by atoms with Crippen LogP contribution >= 0.6 is 23.2 Å². The first-order chi connectivity index (χ1) is 13.7. The molecule has 0 aromatic heterocycles. The fourth-order valence-electron chi connectivity index (χ4n) is 3.66. The number of amides is 1. The normalized spacial score (nSPS) is 21.9. The van der Waals surface area contributed by atoms with E-state index in [0.717, 1.165) is 19.2 Å². The Morgan fingerprint density at radius 2 is 1.77 bits per heavy atom. The van der Waals surface area contributed by atoms with Crippen LogP contribution in [0.5, 0.6) is 0 Å². The Labute approximate surface area is 182 Å². The molecule has 1 fully saturated rings. The summed E-state index contributed by atoms with van der Waals surface area (Å²) >= 11 is 11.4. The molecule has 1 N–H and O–H groups in total. The van der Waals surface area contributed by atoms with Gasteiger partial charge in [-0.05, 0) is 36.5 Å². The zero-order chi connectivity index (χ0) is 23.1. The molecule has 30 heavy (non-hydrogen) atoms. The molecule has 0 unspecified atom stereocenters. The van der Waals surface area contributed by atoms with Gasteiger partial charge in [0.15, 0.2) is 0 Å². The van der Waals surface area contributed by atoms with E-state index in [9.17, 15) is 27.9 Å². The lowest BCUT2D eigenvalue weighted by Gasteiger charge is -2.29. The summed E-state index contributed by atoms with van der Waals surface area (Å²) in [5, 5.41) is 10.1. The van der Waals surface area contributed by atoms with Gasteiger partial charge in [0, 0.05) is 17.8 Å². The minimum absolute atomic E-state index is 0.0602. The van der Waals surface area contributed by atoms with Gasteiger partial charge in [-0.3, -0.25) is 4.79 Å². The summed E-state index contributed by atoms with van der Waals surface area (Å²) in [6, 6.07) is 4.37. The van der Waals surface area contributed by atoms with Crippen molar-refractivity contribution >= 4 is 40.8 Å². The second-order valence-corrected chi connectivity index (χ2v) is 8.62. The molecule has 10 heteroatoms. The van der Waals surface area contributed by atoms with Gasteiger partial charge in [0.05, 0.1) is 13.0 Å². The minimum Gasteiger partial charge on any atom is -0.466 e. The summed E-state index contributed by atoms with van der Waals surface area (Å²) in [6.07, 6.45) is -3.69. The van der Waals surface area contributed by atoms with Crippen LogP contribution in [0.4, 0.5) is 18.9 Å². The first-order valence-corrected chi connectivity index (χ1v) is 9.81. The van der Waals surface area contributed by atoms with Gasteiger partial charge < -0.3 is 14.7 Å². The van der Waals surface area contributed by atoms with Crippen molar-refractivity contribution in [1.82, 2.24) is 0 Å². The lowest BCUT2D eigenvalue weighted by molar-refractivity contribution is -0.266. The fraction of sp³-hybridized carbons (Fsp3) is 0.500. The highest BCUT2D eigenvalue weighted by molar-refractivity contribution is 6.55. The van der Waals surface area contributed by atoms with Crippen LogP contribution in [-0.2, 0) is 19.9 Å².